The minimum atomic E-state index is -0.198. The molecule has 0 spiro atoms. The van der Waals surface area contributed by atoms with Crippen LogP contribution in [-0.4, -0.2) is 41.9 Å². The molecule has 35 heavy (non-hydrogen) atoms. The molecule has 0 saturated carbocycles. The average Bonchev–Trinajstić information content (AvgIpc) is 3.33. The van der Waals surface area contributed by atoms with Crippen LogP contribution in [0.3, 0.4) is 0 Å². The topological polar surface area (TPSA) is 31.7 Å². The van der Waals surface area contributed by atoms with Gasteiger partial charge in [-0.3, -0.25) is 0 Å². The summed E-state index contributed by atoms with van der Waals surface area (Å²) in [6.07, 6.45) is 0.850. The number of halogens is 1. The fourth-order valence-electron chi connectivity index (χ4n) is 4.36. The van der Waals surface area contributed by atoms with Crippen molar-refractivity contribution in [3.05, 3.63) is 90.2 Å². The number of thiazole rings is 1. The Labute approximate surface area is 210 Å². The summed E-state index contributed by atoms with van der Waals surface area (Å²) in [5, 5.41) is 1.93. The van der Waals surface area contributed by atoms with Gasteiger partial charge in [0, 0.05) is 49.4 Å². The molecule has 0 bridgehead atoms. The van der Waals surface area contributed by atoms with Crippen molar-refractivity contribution in [2.24, 2.45) is 4.99 Å². The van der Waals surface area contributed by atoms with Crippen LogP contribution in [0.25, 0.3) is 21.8 Å². The van der Waals surface area contributed by atoms with Gasteiger partial charge in [0.15, 0.2) is 0 Å². The molecule has 0 atom stereocenters. The molecule has 1 saturated heterocycles. The van der Waals surface area contributed by atoms with Crippen molar-refractivity contribution in [3.8, 4) is 21.8 Å². The van der Waals surface area contributed by atoms with Gasteiger partial charge in [-0.05, 0) is 31.2 Å². The molecular weight excluding hydrogens is 455 g/mol. The first-order valence-electron chi connectivity index (χ1n) is 12.1. The Morgan fingerprint density at radius 2 is 1.57 bits per heavy atom. The van der Waals surface area contributed by atoms with E-state index in [0.717, 1.165) is 71.0 Å². The molecule has 4 aromatic rings. The van der Waals surface area contributed by atoms with Gasteiger partial charge in [0.2, 0.25) is 0 Å². The predicted octanol–water partition coefficient (Wildman–Crippen LogP) is 7.19. The Morgan fingerprint density at radius 3 is 2.23 bits per heavy atom. The maximum absolute atomic E-state index is 13.3. The van der Waals surface area contributed by atoms with E-state index in [9.17, 15) is 4.39 Å². The van der Waals surface area contributed by atoms with Crippen LogP contribution in [0.4, 0.5) is 15.1 Å². The molecule has 1 fully saturated rings. The zero-order chi connectivity index (χ0) is 24.2. The molecule has 2 heterocycles. The molecule has 1 aliphatic rings. The highest BCUT2D eigenvalue weighted by Gasteiger charge is 2.21. The van der Waals surface area contributed by atoms with Crippen molar-refractivity contribution in [1.82, 2.24) is 9.88 Å². The van der Waals surface area contributed by atoms with E-state index < -0.39 is 0 Å². The Morgan fingerprint density at radius 1 is 0.886 bits per heavy atom. The zero-order valence-electron chi connectivity index (χ0n) is 20.1. The van der Waals surface area contributed by atoms with Crippen LogP contribution in [0.5, 0.6) is 0 Å². The highest BCUT2D eigenvalue weighted by atomic mass is 32.1. The third kappa shape index (κ3) is 5.28. The Balaban J connectivity index is 1.43. The van der Waals surface area contributed by atoms with E-state index in [-0.39, 0.29) is 5.82 Å². The van der Waals surface area contributed by atoms with Gasteiger partial charge in [0.05, 0.1) is 0 Å². The fraction of sp³-hybridized carbons (Fsp3) is 0.241. The van der Waals surface area contributed by atoms with Crippen LogP contribution in [0.2, 0.25) is 0 Å². The molecule has 0 radical (unpaired) electrons. The number of anilines is 1. The fourth-order valence-corrected chi connectivity index (χ4v) is 5.34. The van der Waals surface area contributed by atoms with Gasteiger partial charge in [-0.15, -0.1) is 0 Å². The van der Waals surface area contributed by atoms with Crippen molar-refractivity contribution in [2.45, 2.75) is 20.3 Å². The van der Waals surface area contributed by atoms with Crippen LogP contribution >= 0.6 is 11.3 Å². The normalized spacial score (nSPS) is 14.4. The first-order valence-corrected chi connectivity index (χ1v) is 12.9. The summed E-state index contributed by atoms with van der Waals surface area (Å²) >= 11 is 1.65. The Bertz CT molecular complexity index is 1290. The minimum Gasteiger partial charge on any atom is -0.368 e. The third-order valence-electron chi connectivity index (χ3n) is 6.34. The molecule has 4 nitrogen and oxygen atoms in total. The van der Waals surface area contributed by atoms with Gasteiger partial charge < -0.3 is 9.80 Å². The summed E-state index contributed by atoms with van der Waals surface area (Å²) in [5.41, 5.74) is 5.43. The van der Waals surface area contributed by atoms with Crippen LogP contribution in [0.15, 0.2) is 83.9 Å². The largest absolute Gasteiger partial charge is 0.368 e. The second kappa shape index (κ2) is 10.4. The lowest BCUT2D eigenvalue weighted by Crippen LogP contribution is -2.48. The maximum atomic E-state index is 13.3. The highest BCUT2D eigenvalue weighted by molar-refractivity contribution is 7.19. The summed E-state index contributed by atoms with van der Waals surface area (Å²) in [4.78, 5) is 14.9. The monoisotopic (exact) mass is 484 g/mol. The van der Waals surface area contributed by atoms with E-state index >= 15 is 0 Å². The number of amidine groups is 1. The number of hydrogen-bond donors (Lipinski definition) is 0. The summed E-state index contributed by atoms with van der Waals surface area (Å²) < 4.78 is 13.3. The first kappa shape index (κ1) is 23.2. The van der Waals surface area contributed by atoms with Gasteiger partial charge in [-0.1, -0.05) is 78.4 Å². The van der Waals surface area contributed by atoms with Crippen LogP contribution in [-0.2, 0) is 0 Å². The molecule has 178 valence electrons. The van der Waals surface area contributed by atoms with E-state index in [4.69, 9.17) is 9.98 Å². The summed E-state index contributed by atoms with van der Waals surface area (Å²) in [7, 11) is 0. The van der Waals surface area contributed by atoms with E-state index in [0.29, 0.717) is 0 Å². The number of nitrogens with zero attached hydrogens (tertiary/aromatic N) is 4. The number of hydrogen-bond acceptors (Lipinski definition) is 4. The molecular formula is C29H29FN4S. The highest BCUT2D eigenvalue weighted by Crippen LogP contribution is 2.40. The Hall–Kier alpha value is -3.51. The molecule has 0 N–H and O–H groups in total. The number of piperazine rings is 1. The van der Waals surface area contributed by atoms with Gasteiger partial charge in [0.25, 0.3) is 0 Å². The second-order valence-electron chi connectivity index (χ2n) is 8.74. The molecule has 5 rings (SSSR count). The number of aliphatic imine (C=N–C) groups is 1. The lowest BCUT2D eigenvalue weighted by Gasteiger charge is -2.37. The average molecular weight is 485 g/mol. The maximum Gasteiger partial charge on any atom is 0.146 e. The van der Waals surface area contributed by atoms with E-state index in [1.54, 1.807) is 11.3 Å². The molecule has 0 amide bonds. The summed E-state index contributed by atoms with van der Waals surface area (Å²) in [6.45, 7) is 7.79. The van der Waals surface area contributed by atoms with E-state index in [1.807, 2.05) is 30.3 Å². The zero-order valence-corrected chi connectivity index (χ0v) is 20.9. The molecule has 1 aromatic heterocycles. The van der Waals surface area contributed by atoms with Gasteiger partial charge in [-0.25, -0.2) is 14.4 Å². The number of aryl methyl sites for hydroxylation is 1. The van der Waals surface area contributed by atoms with Gasteiger partial charge >= 0.3 is 0 Å². The second-order valence-corrected chi connectivity index (χ2v) is 9.71. The number of rotatable bonds is 5. The molecule has 0 aliphatic carbocycles. The van der Waals surface area contributed by atoms with E-state index in [2.05, 4.69) is 60.0 Å². The Kier molecular flexibility index (Phi) is 6.91. The minimum absolute atomic E-state index is 0.198. The standard InChI is InChI=1S/C29H29FN4S/c1-3-26(34-19-17-33(18-20-34)25-15-13-24(30)14-16-25)31-29-27(22-11-9-21(2)10-12-22)32-28(35-29)23-7-5-4-6-8-23/h4-16H,3,17-20H2,1-2H3. The molecule has 3 aromatic carbocycles. The lowest BCUT2D eigenvalue weighted by atomic mass is 10.1. The quantitative estimate of drug-likeness (QED) is 0.222. The molecule has 1 aliphatic heterocycles. The number of benzene rings is 3. The van der Waals surface area contributed by atoms with E-state index in [1.165, 1.54) is 17.7 Å². The SMILES string of the molecule is CCC(=Nc1sc(-c2ccccc2)nc1-c1ccc(C)cc1)N1CCN(c2ccc(F)cc2)CC1. The molecule has 6 heteroatoms. The lowest BCUT2D eigenvalue weighted by molar-refractivity contribution is 0.380. The van der Waals surface area contributed by atoms with Gasteiger partial charge in [-0.2, -0.15) is 0 Å². The van der Waals surface area contributed by atoms with Crippen molar-refractivity contribution >= 4 is 27.9 Å². The smallest absolute Gasteiger partial charge is 0.146 e. The van der Waals surface area contributed by atoms with Crippen LogP contribution < -0.4 is 4.90 Å². The van der Waals surface area contributed by atoms with Gasteiger partial charge in [0.1, 0.15) is 27.4 Å². The van der Waals surface area contributed by atoms with Crippen LogP contribution in [0, 0.1) is 12.7 Å². The molecule has 0 unspecified atom stereocenters. The van der Waals surface area contributed by atoms with Crippen molar-refractivity contribution < 1.29 is 4.39 Å². The number of aromatic nitrogens is 1. The summed E-state index contributed by atoms with van der Waals surface area (Å²) in [6, 6.07) is 25.6. The van der Waals surface area contributed by atoms with Crippen LogP contribution in [0.1, 0.15) is 18.9 Å². The van der Waals surface area contributed by atoms with Crippen molar-refractivity contribution in [2.75, 3.05) is 31.1 Å². The summed E-state index contributed by atoms with van der Waals surface area (Å²) in [5.74, 6) is 0.886. The predicted molar refractivity (Wildman–Crippen MR) is 145 cm³/mol. The third-order valence-corrected chi connectivity index (χ3v) is 7.34. The first-order chi connectivity index (χ1) is 17.1. The van der Waals surface area contributed by atoms with Crippen molar-refractivity contribution in [3.63, 3.8) is 0 Å². The van der Waals surface area contributed by atoms with Crippen molar-refractivity contribution in [1.29, 1.82) is 0 Å².